The average Bonchev–Trinajstić information content (AvgIpc) is 2.78. The smallest absolute Gasteiger partial charge is 0.251 e. The van der Waals surface area contributed by atoms with Gasteiger partial charge in [0.15, 0.2) is 0 Å². The molecule has 1 amide bonds. The van der Waals surface area contributed by atoms with Gasteiger partial charge in [-0.3, -0.25) is 4.79 Å². The topological polar surface area (TPSA) is 57.8 Å². The Morgan fingerprint density at radius 1 is 1.50 bits per heavy atom. The highest BCUT2D eigenvalue weighted by atomic mass is 35.5. The summed E-state index contributed by atoms with van der Waals surface area (Å²) in [5.74, 6) is -0.162. The Balaban J connectivity index is 1.98. The van der Waals surface area contributed by atoms with E-state index in [0.29, 0.717) is 17.3 Å². The molecule has 0 saturated carbocycles. The first-order valence-electron chi connectivity index (χ1n) is 4.77. The van der Waals surface area contributed by atoms with Gasteiger partial charge in [-0.2, -0.15) is 0 Å². The van der Waals surface area contributed by atoms with Gasteiger partial charge in [-0.05, 0) is 23.8 Å². The first-order chi connectivity index (χ1) is 7.75. The van der Waals surface area contributed by atoms with Gasteiger partial charge in [0.2, 0.25) is 0 Å². The average molecular weight is 236 g/mol. The number of carbonyl (C=O) groups is 1. The van der Waals surface area contributed by atoms with Crippen LogP contribution in [0.2, 0.25) is 5.15 Å². The first kappa shape index (κ1) is 10.7. The highest BCUT2D eigenvalue weighted by Crippen LogP contribution is 2.07. The van der Waals surface area contributed by atoms with Crippen LogP contribution in [-0.4, -0.2) is 15.9 Å². The molecule has 0 bridgehead atoms. The summed E-state index contributed by atoms with van der Waals surface area (Å²) in [6.07, 6.45) is 5.15. The molecule has 82 valence electrons. The van der Waals surface area contributed by atoms with Crippen LogP contribution in [0.1, 0.15) is 15.9 Å². The van der Waals surface area contributed by atoms with Crippen molar-refractivity contribution < 1.29 is 4.79 Å². The highest BCUT2D eigenvalue weighted by Gasteiger charge is 2.05. The molecule has 0 aliphatic carbocycles. The molecule has 0 fully saturated rings. The van der Waals surface area contributed by atoms with E-state index < -0.39 is 0 Å². The number of amides is 1. The van der Waals surface area contributed by atoms with E-state index in [9.17, 15) is 4.79 Å². The van der Waals surface area contributed by atoms with Gasteiger partial charge in [0.05, 0.1) is 0 Å². The summed E-state index contributed by atoms with van der Waals surface area (Å²) < 4.78 is 0. The van der Waals surface area contributed by atoms with Crippen molar-refractivity contribution in [2.24, 2.45) is 0 Å². The highest BCUT2D eigenvalue weighted by molar-refractivity contribution is 6.29. The van der Waals surface area contributed by atoms with Crippen LogP contribution >= 0.6 is 11.6 Å². The van der Waals surface area contributed by atoms with Crippen molar-refractivity contribution in [3.63, 3.8) is 0 Å². The maximum atomic E-state index is 11.7. The van der Waals surface area contributed by atoms with Crippen molar-refractivity contribution in [3.8, 4) is 0 Å². The number of hydrogen-bond acceptors (Lipinski definition) is 2. The van der Waals surface area contributed by atoms with Crippen molar-refractivity contribution in [3.05, 3.63) is 53.1 Å². The maximum Gasteiger partial charge on any atom is 0.251 e. The zero-order valence-corrected chi connectivity index (χ0v) is 9.16. The molecule has 16 heavy (non-hydrogen) atoms. The Labute approximate surface area is 97.7 Å². The number of H-pyrrole nitrogens is 1. The van der Waals surface area contributed by atoms with E-state index in [-0.39, 0.29) is 5.91 Å². The van der Waals surface area contributed by atoms with Crippen molar-refractivity contribution in [1.82, 2.24) is 15.3 Å². The van der Waals surface area contributed by atoms with Crippen LogP contribution in [0, 0.1) is 0 Å². The van der Waals surface area contributed by atoms with Crippen LogP contribution < -0.4 is 5.32 Å². The summed E-state index contributed by atoms with van der Waals surface area (Å²) in [6.45, 7) is 0.488. The zero-order chi connectivity index (χ0) is 11.4. The minimum Gasteiger partial charge on any atom is -0.367 e. The molecule has 4 nitrogen and oxygen atoms in total. The second-order valence-corrected chi connectivity index (χ2v) is 3.66. The third-order valence-electron chi connectivity index (χ3n) is 2.10. The molecule has 0 atom stereocenters. The number of pyridine rings is 1. The predicted octanol–water partition coefficient (Wildman–Crippen LogP) is 1.99. The molecule has 0 aliphatic rings. The summed E-state index contributed by atoms with van der Waals surface area (Å²) >= 11 is 5.69. The summed E-state index contributed by atoms with van der Waals surface area (Å²) in [5, 5.41) is 3.10. The molecule has 0 spiro atoms. The number of aromatic nitrogens is 2. The third-order valence-corrected chi connectivity index (χ3v) is 2.31. The molecule has 0 saturated heterocycles. The lowest BCUT2D eigenvalue weighted by atomic mass is 10.2. The fourth-order valence-corrected chi connectivity index (χ4v) is 1.47. The van der Waals surface area contributed by atoms with Crippen LogP contribution in [0.3, 0.4) is 0 Å². The summed E-state index contributed by atoms with van der Waals surface area (Å²) in [4.78, 5) is 18.4. The van der Waals surface area contributed by atoms with E-state index in [1.807, 2.05) is 18.5 Å². The van der Waals surface area contributed by atoms with E-state index in [1.54, 1.807) is 6.07 Å². The molecule has 2 N–H and O–H groups in total. The molecule has 0 radical (unpaired) electrons. The Hall–Kier alpha value is -1.81. The van der Waals surface area contributed by atoms with Crippen molar-refractivity contribution in [2.45, 2.75) is 6.54 Å². The fraction of sp³-hybridized carbons (Fsp3) is 0.0909. The van der Waals surface area contributed by atoms with Crippen LogP contribution in [0.4, 0.5) is 0 Å². The molecule has 5 heteroatoms. The third kappa shape index (κ3) is 2.61. The van der Waals surface area contributed by atoms with Gasteiger partial charge < -0.3 is 10.3 Å². The predicted molar refractivity (Wildman–Crippen MR) is 61.2 cm³/mol. The van der Waals surface area contributed by atoms with E-state index in [1.165, 1.54) is 12.3 Å². The Bertz CT molecular complexity index is 482. The molecule has 2 aromatic rings. The zero-order valence-electron chi connectivity index (χ0n) is 8.40. The van der Waals surface area contributed by atoms with Crippen LogP contribution in [-0.2, 0) is 6.54 Å². The SMILES string of the molecule is O=C(NCc1cc[nH]c1)c1ccnc(Cl)c1. The van der Waals surface area contributed by atoms with Gasteiger partial charge >= 0.3 is 0 Å². The van der Waals surface area contributed by atoms with Crippen molar-refractivity contribution in [1.29, 1.82) is 0 Å². The van der Waals surface area contributed by atoms with Gasteiger partial charge in [-0.15, -0.1) is 0 Å². The van der Waals surface area contributed by atoms with Gasteiger partial charge in [0, 0.05) is 30.7 Å². The summed E-state index contributed by atoms with van der Waals surface area (Å²) in [5.41, 5.74) is 1.53. The molecule has 0 unspecified atom stereocenters. The number of nitrogens with zero attached hydrogens (tertiary/aromatic N) is 1. The van der Waals surface area contributed by atoms with Crippen LogP contribution in [0.5, 0.6) is 0 Å². The minimum absolute atomic E-state index is 0.162. The van der Waals surface area contributed by atoms with E-state index in [4.69, 9.17) is 11.6 Å². The Morgan fingerprint density at radius 2 is 2.38 bits per heavy atom. The normalized spacial score (nSPS) is 10.1. The second-order valence-electron chi connectivity index (χ2n) is 3.27. The van der Waals surface area contributed by atoms with Gasteiger partial charge in [-0.25, -0.2) is 4.98 Å². The fourth-order valence-electron chi connectivity index (χ4n) is 1.30. The van der Waals surface area contributed by atoms with Crippen molar-refractivity contribution >= 4 is 17.5 Å². The second kappa shape index (κ2) is 4.81. The van der Waals surface area contributed by atoms with E-state index >= 15 is 0 Å². The lowest BCUT2D eigenvalue weighted by Crippen LogP contribution is -2.22. The lowest BCUT2D eigenvalue weighted by molar-refractivity contribution is 0.0951. The van der Waals surface area contributed by atoms with Crippen molar-refractivity contribution in [2.75, 3.05) is 0 Å². The molecule has 2 rings (SSSR count). The maximum absolute atomic E-state index is 11.7. The molecule has 0 aliphatic heterocycles. The van der Waals surface area contributed by atoms with Crippen LogP contribution in [0.25, 0.3) is 0 Å². The summed E-state index contributed by atoms with van der Waals surface area (Å²) in [7, 11) is 0. The first-order valence-corrected chi connectivity index (χ1v) is 5.15. The Morgan fingerprint density at radius 3 is 3.06 bits per heavy atom. The number of hydrogen-bond donors (Lipinski definition) is 2. The number of rotatable bonds is 3. The number of halogens is 1. The number of aromatic amines is 1. The minimum atomic E-state index is -0.162. The number of carbonyl (C=O) groups excluding carboxylic acids is 1. The molecular weight excluding hydrogens is 226 g/mol. The molecule has 2 aromatic heterocycles. The van der Waals surface area contributed by atoms with E-state index in [0.717, 1.165) is 5.56 Å². The number of nitrogens with one attached hydrogen (secondary N) is 2. The molecule has 2 heterocycles. The summed E-state index contributed by atoms with van der Waals surface area (Å²) in [6, 6.07) is 5.06. The van der Waals surface area contributed by atoms with Crippen LogP contribution in [0.15, 0.2) is 36.8 Å². The van der Waals surface area contributed by atoms with Gasteiger partial charge in [0.1, 0.15) is 5.15 Å². The standard InChI is InChI=1S/C11H10ClN3O/c12-10-5-9(2-4-14-10)11(16)15-7-8-1-3-13-6-8/h1-6,13H,7H2,(H,15,16). The largest absolute Gasteiger partial charge is 0.367 e. The monoisotopic (exact) mass is 235 g/mol. The quantitative estimate of drug-likeness (QED) is 0.800. The van der Waals surface area contributed by atoms with Gasteiger partial charge in [-0.1, -0.05) is 11.6 Å². The molecule has 0 aromatic carbocycles. The molecular formula is C11H10ClN3O. The van der Waals surface area contributed by atoms with E-state index in [2.05, 4.69) is 15.3 Å². The lowest BCUT2D eigenvalue weighted by Gasteiger charge is -2.03. The van der Waals surface area contributed by atoms with Gasteiger partial charge in [0.25, 0.3) is 5.91 Å². The Kier molecular flexibility index (Phi) is 3.22.